The fraction of sp³-hybridized carbons (Fsp3) is 0.286. The van der Waals surface area contributed by atoms with E-state index >= 15 is 0 Å². The summed E-state index contributed by atoms with van der Waals surface area (Å²) in [6.07, 6.45) is 0. The van der Waals surface area contributed by atoms with Crippen LogP contribution in [0.1, 0.15) is 31.2 Å². The summed E-state index contributed by atoms with van der Waals surface area (Å²) in [4.78, 5) is 8.66. The monoisotopic (exact) mass is 276 g/mol. The van der Waals surface area contributed by atoms with Crippen LogP contribution in [0.3, 0.4) is 0 Å². The highest BCUT2D eigenvalue weighted by atomic mass is 19.1. The number of nitrogens with zero attached hydrogens (tertiary/aromatic N) is 2. The number of anilines is 1. The molecule has 2 aromatic rings. The van der Waals surface area contributed by atoms with E-state index in [9.17, 15) is 4.39 Å². The van der Waals surface area contributed by atoms with Crippen LogP contribution in [0.25, 0.3) is 0 Å². The van der Waals surface area contributed by atoms with Gasteiger partial charge in [0.05, 0.1) is 5.56 Å². The molecule has 2 rings (SSSR count). The molecule has 106 valence electrons. The van der Waals surface area contributed by atoms with Gasteiger partial charge in [-0.2, -0.15) is 4.98 Å². The van der Waals surface area contributed by atoms with E-state index in [1.807, 2.05) is 13.8 Å². The molecular weight excluding hydrogens is 259 g/mol. The van der Waals surface area contributed by atoms with Crippen LogP contribution in [-0.2, 0) is 0 Å². The highest BCUT2D eigenvalue weighted by Crippen LogP contribution is 2.28. The van der Waals surface area contributed by atoms with Gasteiger partial charge in [-0.1, -0.05) is 19.9 Å². The number of halogens is 1. The van der Waals surface area contributed by atoms with Gasteiger partial charge in [-0.15, -0.1) is 0 Å². The van der Waals surface area contributed by atoms with Gasteiger partial charge in [-0.3, -0.25) is 0 Å². The number of rotatable bonds is 4. The Kier molecular flexibility index (Phi) is 4.14. The molecule has 0 fully saturated rings. The number of benzene rings is 1. The average Bonchev–Trinajstić information content (AvgIpc) is 2.41. The number of aromatic nitrogens is 2. The van der Waals surface area contributed by atoms with Gasteiger partial charge in [0.25, 0.3) is 0 Å². The van der Waals surface area contributed by atoms with Gasteiger partial charge in [-0.05, 0) is 19.1 Å². The Labute approximate surface area is 117 Å². The molecule has 0 aliphatic heterocycles. The molecule has 3 N–H and O–H groups in total. The number of nitrogen functional groups attached to an aromatic ring is 1. The number of nitrogens with one attached hydrogen (secondary N) is 1. The lowest BCUT2D eigenvalue weighted by Gasteiger charge is -2.14. The molecule has 0 saturated carbocycles. The van der Waals surface area contributed by atoms with E-state index in [2.05, 4.69) is 15.4 Å². The molecule has 5 nitrogen and oxygen atoms in total. The predicted molar refractivity (Wildman–Crippen MR) is 75.1 cm³/mol. The minimum absolute atomic E-state index is 0.123. The van der Waals surface area contributed by atoms with Crippen LogP contribution >= 0.6 is 0 Å². The van der Waals surface area contributed by atoms with Crippen molar-refractivity contribution >= 4 is 5.82 Å². The maximum Gasteiger partial charge on any atom is 0.227 e. The highest BCUT2D eigenvalue weighted by molar-refractivity contribution is 5.49. The Hall–Kier alpha value is -2.21. The van der Waals surface area contributed by atoms with E-state index in [1.54, 1.807) is 19.1 Å². The van der Waals surface area contributed by atoms with E-state index in [0.29, 0.717) is 28.8 Å². The largest absolute Gasteiger partial charge is 0.438 e. The van der Waals surface area contributed by atoms with Gasteiger partial charge in [0.2, 0.25) is 5.88 Å². The van der Waals surface area contributed by atoms with Gasteiger partial charge in [0.15, 0.2) is 5.82 Å². The lowest BCUT2D eigenvalue weighted by molar-refractivity contribution is 0.449. The zero-order valence-corrected chi connectivity index (χ0v) is 11.6. The molecule has 0 aliphatic rings. The summed E-state index contributed by atoms with van der Waals surface area (Å²) in [7, 11) is 0. The molecule has 6 heteroatoms. The third-order valence-electron chi connectivity index (χ3n) is 2.78. The molecule has 1 aromatic heterocycles. The normalized spacial score (nSPS) is 10.7. The first-order valence-electron chi connectivity index (χ1n) is 6.30. The molecule has 0 radical (unpaired) electrons. The molecule has 0 bridgehead atoms. The Morgan fingerprint density at radius 1 is 1.30 bits per heavy atom. The van der Waals surface area contributed by atoms with Gasteiger partial charge in [0.1, 0.15) is 17.4 Å². The third kappa shape index (κ3) is 3.03. The van der Waals surface area contributed by atoms with Crippen LogP contribution in [0.5, 0.6) is 11.6 Å². The van der Waals surface area contributed by atoms with Crippen molar-refractivity contribution in [3.05, 3.63) is 41.5 Å². The summed E-state index contributed by atoms with van der Waals surface area (Å²) in [6, 6.07) is 5.89. The van der Waals surface area contributed by atoms with E-state index in [1.165, 1.54) is 12.1 Å². The molecule has 0 aliphatic carbocycles. The number of hydrogen-bond acceptors (Lipinski definition) is 5. The molecule has 0 unspecified atom stereocenters. The van der Waals surface area contributed by atoms with Crippen LogP contribution < -0.4 is 16.0 Å². The standard InChI is InChI=1S/C14H17FN4O/c1-8(2)12-17-13(19-16)9(3)14(18-12)20-11-6-4-5-10(15)7-11/h4-8H,16H2,1-3H3,(H,17,18,19). The first-order valence-corrected chi connectivity index (χ1v) is 6.30. The molecule has 0 amide bonds. The van der Waals surface area contributed by atoms with Crippen molar-refractivity contribution in [3.63, 3.8) is 0 Å². The fourth-order valence-electron chi connectivity index (χ4n) is 1.65. The predicted octanol–water partition coefficient (Wildman–Crippen LogP) is 3.13. The van der Waals surface area contributed by atoms with Crippen molar-refractivity contribution in [2.24, 2.45) is 5.84 Å². The summed E-state index contributed by atoms with van der Waals surface area (Å²) in [6.45, 7) is 5.72. The van der Waals surface area contributed by atoms with Crippen molar-refractivity contribution in [2.75, 3.05) is 5.43 Å². The van der Waals surface area contributed by atoms with Crippen LogP contribution in [0.4, 0.5) is 10.2 Å². The number of nitrogens with two attached hydrogens (primary N) is 1. The quantitative estimate of drug-likeness (QED) is 0.663. The first kappa shape index (κ1) is 14.2. The lowest BCUT2D eigenvalue weighted by atomic mass is 10.2. The lowest BCUT2D eigenvalue weighted by Crippen LogP contribution is -2.13. The highest BCUT2D eigenvalue weighted by Gasteiger charge is 2.14. The molecule has 0 spiro atoms. The fourth-order valence-corrected chi connectivity index (χ4v) is 1.65. The van der Waals surface area contributed by atoms with E-state index in [4.69, 9.17) is 10.6 Å². The number of hydrogen-bond donors (Lipinski definition) is 2. The van der Waals surface area contributed by atoms with E-state index in [0.717, 1.165) is 0 Å². The average molecular weight is 276 g/mol. The van der Waals surface area contributed by atoms with Gasteiger partial charge in [0, 0.05) is 12.0 Å². The minimum Gasteiger partial charge on any atom is -0.438 e. The van der Waals surface area contributed by atoms with Crippen molar-refractivity contribution in [2.45, 2.75) is 26.7 Å². The van der Waals surface area contributed by atoms with Gasteiger partial charge >= 0.3 is 0 Å². The topological polar surface area (TPSA) is 73.1 Å². The summed E-state index contributed by atoms with van der Waals surface area (Å²) >= 11 is 0. The zero-order chi connectivity index (χ0) is 14.7. The molecule has 20 heavy (non-hydrogen) atoms. The Morgan fingerprint density at radius 3 is 2.65 bits per heavy atom. The van der Waals surface area contributed by atoms with Crippen LogP contribution in [-0.4, -0.2) is 9.97 Å². The summed E-state index contributed by atoms with van der Waals surface area (Å²) in [5.41, 5.74) is 3.19. The molecular formula is C14H17FN4O. The third-order valence-corrected chi connectivity index (χ3v) is 2.78. The smallest absolute Gasteiger partial charge is 0.227 e. The summed E-state index contributed by atoms with van der Waals surface area (Å²) in [5.74, 6) is 7.05. The maximum atomic E-state index is 13.2. The first-order chi connectivity index (χ1) is 9.51. The van der Waals surface area contributed by atoms with Crippen molar-refractivity contribution in [1.29, 1.82) is 0 Å². The summed E-state index contributed by atoms with van der Waals surface area (Å²) in [5, 5.41) is 0. The number of hydrazine groups is 1. The SMILES string of the molecule is Cc1c(NN)nc(C(C)C)nc1Oc1cccc(F)c1. The summed E-state index contributed by atoms with van der Waals surface area (Å²) < 4.78 is 18.8. The van der Waals surface area contributed by atoms with Gasteiger partial charge < -0.3 is 10.2 Å². The van der Waals surface area contributed by atoms with Crippen molar-refractivity contribution < 1.29 is 9.13 Å². The van der Waals surface area contributed by atoms with Gasteiger partial charge in [-0.25, -0.2) is 15.2 Å². The van der Waals surface area contributed by atoms with E-state index in [-0.39, 0.29) is 11.7 Å². The minimum atomic E-state index is -0.365. The molecule has 0 atom stereocenters. The molecule has 1 aromatic carbocycles. The maximum absolute atomic E-state index is 13.2. The second kappa shape index (κ2) is 5.83. The Balaban J connectivity index is 2.42. The zero-order valence-electron chi connectivity index (χ0n) is 11.6. The van der Waals surface area contributed by atoms with E-state index < -0.39 is 0 Å². The van der Waals surface area contributed by atoms with Crippen molar-refractivity contribution in [3.8, 4) is 11.6 Å². The second-order valence-corrected chi connectivity index (χ2v) is 4.72. The van der Waals surface area contributed by atoms with Crippen LogP contribution in [0.2, 0.25) is 0 Å². The number of ether oxygens (including phenoxy) is 1. The van der Waals surface area contributed by atoms with Crippen LogP contribution in [0, 0.1) is 12.7 Å². The van der Waals surface area contributed by atoms with Crippen molar-refractivity contribution in [1.82, 2.24) is 9.97 Å². The second-order valence-electron chi connectivity index (χ2n) is 4.72. The molecule has 0 saturated heterocycles. The Bertz CT molecular complexity index is 616. The van der Waals surface area contributed by atoms with Crippen LogP contribution in [0.15, 0.2) is 24.3 Å². The Morgan fingerprint density at radius 2 is 2.05 bits per heavy atom. The molecule has 1 heterocycles.